The van der Waals surface area contributed by atoms with Crippen molar-refractivity contribution < 1.29 is 18.3 Å². The van der Waals surface area contributed by atoms with Gasteiger partial charge in [0.1, 0.15) is 5.69 Å². The van der Waals surface area contributed by atoms with Crippen molar-refractivity contribution in [3.8, 4) is 0 Å². The summed E-state index contributed by atoms with van der Waals surface area (Å²) in [6.07, 6.45) is 1.91. The summed E-state index contributed by atoms with van der Waals surface area (Å²) in [5, 5.41) is 8.65. The summed E-state index contributed by atoms with van der Waals surface area (Å²) in [6.45, 7) is 8.72. The standard InChI is InChI=1S/C23H23F2N3O2S/c1-13-8-9-31-18(13)10-14-17(11-30-4)28-21(22(29)26-12-23(28,2)3)20(14)27-16-7-5-6-15(24)19(16)25/h5-10,27H,1,11-12H2,2-4H3,(H,26,29)/b18-10-. The summed E-state index contributed by atoms with van der Waals surface area (Å²) in [4.78, 5) is 13.0. The van der Waals surface area contributed by atoms with Crippen molar-refractivity contribution in [3.63, 3.8) is 0 Å². The van der Waals surface area contributed by atoms with Gasteiger partial charge in [-0.15, -0.1) is 11.3 Å². The number of carbonyl (C=O) groups excluding carboxylic acids is 1. The second-order valence-electron chi connectivity index (χ2n) is 8.03. The number of benzene rings is 1. The summed E-state index contributed by atoms with van der Waals surface area (Å²) >= 11 is 1.51. The third kappa shape index (κ3) is 3.66. The highest BCUT2D eigenvalue weighted by atomic mass is 32.1. The molecule has 3 heterocycles. The number of ether oxygens (including phenoxy) is 1. The van der Waals surface area contributed by atoms with Crippen LogP contribution in [0.4, 0.5) is 20.2 Å². The quantitative estimate of drug-likeness (QED) is 0.635. The van der Waals surface area contributed by atoms with Crippen molar-refractivity contribution in [1.29, 1.82) is 0 Å². The van der Waals surface area contributed by atoms with Gasteiger partial charge >= 0.3 is 0 Å². The lowest BCUT2D eigenvalue weighted by atomic mass is 10.0. The fourth-order valence-electron chi connectivity index (χ4n) is 3.88. The van der Waals surface area contributed by atoms with E-state index in [4.69, 9.17) is 4.74 Å². The van der Waals surface area contributed by atoms with Crippen LogP contribution in [0.15, 0.2) is 29.6 Å². The number of aromatic nitrogens is 1. The molecule has 1 amide bonds. The Balaban J connectivity index is 2.06. The van der Waals surface area contributed by atoms with E-state index in [0.717, 1.165) is 21.5 Å². The van der Waals surface area contributed by atoms with Gasteiger partial charge in [-0.1, -0.05) is 12.6 Å². The summed E-state index contributed by atoms with van der Waals surface area (Å²) in [5.41, 5.74) is 1.68. The highest BCUT2D eigenvalue weighted by molar-refractivity contribution is 7.07. The van der Waals surface area contributed by atoms with E-state index in [0.29, 0.717) is 23.5 Å². The van der Waals surface area contributed by atoms with Crippen molar-refractivity contribution in [3.05, 3.63) is 68.0 Å². The van der Waals surface area contributed by atoms with E-state index < -0.39 is 17.2 Å². The molecule has 3 aromatic rings. The molecular formula is C23H23F2N3O2S. The molecule has 0 aliphatic carbocycles. The summed E-state index contributed by atoms with van der Waals surface area (Å²) < 4.78 is 36.7. The maximum atomic E-state index is 14.5. The fourth-order valence-corrected chi connectivity index (χ4v) is 4.67. The van der Waals surface area contributed by atoms with Crippen molar-refractivity contribution in [1.82, 2.24) is 9.88 Å². The smallest absolute Gasteiger partial charge is 0.270 e. The predicted octanol–water partition coefficient (Wildman–Crippen LogP) is 3.44. The number of hydrogen-bond acceptors (Lipinski definition) is 4. The zero-order valence-electron chi connectivity index (χ0n) is 17.5. The average molecular weight is 444 g/mol. The van der Waals surface area contributed by atoms with Crippen molar-refractivity contribution in [2.45, 2.75) is 26.0 Å². The van der Waals surface area contributed by atoms with E-state index in [9.17, 15) is 13.6 Å². The van der Waals surface area contributed by atoms with Crippen LogP contribution in [0.1, 0.15) is 35.6 Å². The number of methoxy groups -OCH3 is 1. The van der Waals surface area contributed by atoms with Gasteiger partial charge in [0.2, 0.25) is 0 Å². The molecule has 4 rings (SSSR count). The predicted molar refractivity (Wildman–Crippen MR) is 119 cm³/mol. The number of rotatable bonds is 5. The Bertz CT molecular complexity index is 1280. The number of thiophene rings is 1. The monoisotopic (exact) mass is 443 g/mol. The van der Waals surface area contributed by atoms with Crippen molar-refractivity contribution in [2.24, 2.45) is 0 Å². The second-order valence-corrected chi connectivity index (χ2v) is 8.98. The minimum atomic E-state index is -1.01. The van der Waals surface area contributed by atoms with Crippen LogP contribution >= 0.6 is 11.3 Å². The van der Waals surface area contributed by atoms with E-state index in [1.165, 1.54) is 23.5 Å². The van der Waals surface area contributed by atoms with Crippen LogP contribution in [0.3, 0.4) is 0 Å². The molecular weight excluding hydrogens is 420 g/mol. The van der Waals surface area contributed by atoms with Crippen molar-refractivity contribution >= 4 is 41.3 Å². The van der Waals surface area contributed by atoms with Gasteiger partial charge in [0.15, 0.2) is 11.6 Å². The first-order chi connectivity index (χ1) is 14.7. The van der Waals surface area contributed by atoms with Gasteiger partial charge in [-0.25, -0.2) is 8.78 Å². The Morgan fingerprint density at radius 1 is 1.35 bits per heavy atom. The molecule has 1 aliphatic heterocycles. The van der Waals surface area contributed by atoms with E-state index >= 15 is 0 Å². The molecule has 0 atom stereocenters. The lowest BCUT2D eigenvalue weighted by Crippen LogP contribution is -2.48. The highest BCUT2D eigenvalue weighted by Gasteiger charge is 2.38. The van der Waals surface area contributed by atoms with E-state index in [1.54, 1.807) is 7.11 Å². The van der Waals surface area contributed by atoms with Gasteiger partial charge in [-0.05, 0) is 48.7 Å². The fraction of sp³-hybridized carbons (Fsp3) is 0.261. The lowest BCUT2D eigenvalue weighted by Gasteiger charge is -2.35. The first-order valence-electron chi connectivity index (χ1n) is 9.75. The maximum Gasteiger partial charge on any atom is 0.270 e. The van der Waals surface area contributed by atoms with Gasteiger partial charge in [-0.2, -0.15) is 0 Å². The molecule has 8 heteroatoms. The largest absolute Gasteiger partial charge is 0.378 e. The third-order valence-corrected chi connectivity index (χ3v) is 6.27. The average Bonchev–Trinajstić information content (AvgIpc) is 3.26. The molecule has 0 bridgehead atoms. The van der Waals surface area contributed by atoms with Crippen LogP contribution in [0.2, 0.25) is 0 Å². The van der Waals surface area contributed by atoms with Gasteiger partial charge in [-0.3, -0.25) is 4.79 Å². The van der Waals surface area contributed by atoms with Crippen molar-refractivity contribution in [2.75, 3.05) is 19.0 Å². The molecule has 0 radical (unpaired) electrons. The normalized spacial score (nSPS) is 15.6. The first kappa shape index (κ1) is 21.3. The number of hydrogen-bond donors (Lipinski definition) is 2. The SMILES string of the molecule is C=c1ccs/c1=C\c1c(Nc2cccc(F)c2F)c2n(c1COC)C(C)(C)CNC2=O. The van der Waals surface area contributed by atoms with E-state index in [1.807, 2.05) is 35.9 Å². The molecule has 1 aliphatic rings. The molecule has 2 N–H and O–H groups in total. The van der Waals surface area contributed by atoms with Crippen LogP contribution < -0.4 is 20.4 Å². The summed E-state index contributed by atoms with van der Waals surface area (Å²) in [5.74, 6) is -2.27. The Hall–Kier alpha value is -2.97. The number of amides is 1. The number of fused-ring (bicyclic) bond motifs is 1. The molecule has 162 valence electrons. The molecule has 2 aromatic heterocycles. The Kier molecular flexibility index (Phi) is 5.45. The topological polar surface area (TPSA) is 55.3 Å². The number of carbonyl (C=O) groups is 1. The first-order valence-corrected chi connectivity index (χ1v) is 10.6. The Morgan fingerprint density at radius 3 is 2.81 bits per heavy atom. The van der Waals surface area contributed by atoms with Gasteiger partial charge in [0.25, 0.3) is 5.91 Å². The minimum Gasteiger partial charge on any atom is -0.378 e. The van der Waals surface area contributed by atoms with Crippen LogP contribution in [0.25, 0.3) is 12.7 Å². The Morgan fingerprint density at radius 2 is 2.13 bits per heavy atom. The Labute approximate surface area is 182 Å². The number of anilines is 2. The van der Waals surface area contributed by atoms with Crippen LogP contribution in [-0.4, -0.2) is 24.1 Å². The molecule has 1 aromatic carbocycles. The highest BCUT2D eigenvalue weighted by Crippen LogP contribution is 2.39. The minimum absolute atomic E-state index is 0.0516. The summed E-state index contributed by atoms with van der Waals surface area (Å²) in [7, 11) is 1.58. The molecule has 5 nitrogen and oxygen atoms in total. The zero-order chi connectivity index (χ0) is 22.3. The van der Waals surface area contributed by atoms with E-state index in [2.05, 4.69) is 17.2 Å². The van der Waals surface area contributed by atoms with Crippen LogP contribution in [-0.2, 0) is 16.9 Å². The van der Waals surface area contributed by atoms with Gasteiger partial charge in [0, 0.05) is 23.8 Å². The van der Waals surface area contributed by atoms with Gasteiger partial charge in [0.05, 0.1) is 29.2 Å². The van der Waals surface area contributed by atoms with Crippen LogP contribution in [0.5, 0.6) is 0 Å². The zero-order valence-corrected chi connectivity index (χ0v) is 18.3. The van der Waals surface area contributed by atoms with Gasteiger partial charge < -0.3 is 19.9 Å². The number of halogens is 2. The molecule has 0 fully saturated rings. The number of nitrogens with zero attached hydrogens (tertiary/aromatic N) is 1. The maximum absolute atomic E-state index is 14.5. The second kappa shape index (κ2) is 7.94. The molecule has 0 saturated carbocycles. The molecule has 0 unspecified atom stereocenters. The lowest BCUT2D eigenvalue weighted by molar-refractivity contribution is 0.0879. The van der Waals surface area contributed by atoms with E-state index in [-0.39, 0.29) is 18.2 Å². The van der Waals surface area contributed by atoms with Crippen LogP contribution in [0, 0.1) is 11.6 Å². The number of nitrogens with one attached hydrogen (secondary N) is 2. The summed E-state index contributed by atoms with van der Waals surface area (Å²) in [6, 6.07) is 5.81. The molecule has 31 heavy (non-hydrogen) atoms. The molecule has 0 spiro atoms. The third-order valence-electron chi connectivity index (χ3n) is 5.36. The molecule has 0 saturated heterocycles.